The lowest BCUT2D eigenvalue weighted by atomic mass is 10.2. The van der Waals surface area contributed by atoms with Gasteiger partial charge < -0.3 is 0 Å². The first-order valence-corrected chi connectivity index (χ1v) is 3.24. The van der Waals surface area contributed by atoms with E-state index in [1.165, 1.54) is 0 Å². The highest BCUT2D eigenvalue weighted by molar-refractivity contribution is 5.85. The molecule has 0 aliphatic carbocycles. The number of hydrogen-bond acceptors (Lipinski definition) is 1. The standard InChI is InChI=1S/C8H10FN.2ClH/c9-7-10-6-8-4-2-1-3-5-8;;/h1-5,10H,6-7H2;2*1H. The van der Waals surface area contributed by atoms with Crippen molar-refractivity contribution in [3.63, 3.8) is 0 Å². The molecular formula is C8H12Cl2FN. The Kier molecular flexibility index (Phi) is 10.4. The van der Waals surface area contributed by atoms with E-state index < -0.39 is 6.80 Å². The first-order valence-electron chi connectivity index (χ1n) is 3.24. The summed E-state index contributed by atoms with van der Waals surface area (Å²) in [6.07, 6.45) is 0. The van der Waals surface area contributed by atoms with Gasteiger partial charge in [0, 0.05) is 6.54 Å². The van der Waals surface area contributed by atoms with Gasteiger partial charge in [0.2, 0.25) is 0 Å². The molecule has 0 saturated heterocycles. The Labute approximate surface area is 84.2 Å². The van der Waals surface area contributed by atoms with Crippen LogP contribution in [0.3, 0.4) is 0 Å². The van der Waals surface area contributed by atoms with Crippen molar-refractivity contribution in [3.8, 4) is 0 Å². The lowest BCUT2D eigenvalue weighted by Gasteiger charge is -1.97. The third-order valence-electron chi connectivity index (χ3n) is 1.27. The minimum Gasteiger partial charge on any atom is -0.286 e. The van der Waals surface area contributed by atoms with Crippen molar-refractivity contribution in [3.05, 3.63) is 35.9 Å². The summed E-state index contributed by atoms with van der Waals surface area (Å²) in [7, 11) is 0. The summed E-state index contributed by atoms with van der Waals surface area (Å²) in [5, 5.41) is 2.60. The van der Waals surface area contributed by atoms with Crippen molar-refractivity contribution in [2.45, 2.75) is 6.54 Å². The van der Waals surface area contributed by atoms with Crippen LogP contribution >= 0.6 is 24.8 Å². The van der Waals surface area contributed by atoms with E-state index in [0.717, 1.165) is 5.56 Å². The summed E-state index contributed by atoms with van der Waals surface area (Å²) in [5.74, 6) is 0. The zero-order valence-electron chi connectivity index (χ0n) is 6.50. The summed E-state index contributed by atoms with van der Waals surface area (Å²) < 4.78 is 11.6. The molecule has 0 radical (unpaired) electrons. The van der Waals surface area contributed by atoms with Gasteiger partial charge in [-0.25, -0.2) is 4.39 Å². The van der Waals surface area contributed by atoms with Crippen molar-refractivity contribution in [1.82, 2.24) is 5.32 Å². The molecule has 1 N–H and O–H groups in total. The monoisotopic (exact) mass is 211 g/mol. The molecule has 0 aromatic heterocycles. The van der Waals surface area contributed by atoms with Gasteiger partial charge in [-0.1, -0.05) is 30.3 Å². The molecule has 0 fully saturated rings. The molecule has 0 aliphatic rings. The Morgan fingerprint density at radius 3 is 2.17 bits per heavy atom. The SMILES string of the molecule is Cl.Cl.FCNCc1ccccc1. The number of alkyl halides is 1. The number of halogens is 3. The molecule has 1 aromatic carbocycles. The molecule has 0 amide bonds. The fraction of sp³-hybridized carbons (Fsp3) is 0.250. The maximum atomic E-state index is 11.6. The molecular weight excluding hydrogens is 200 g/mol. The second kappa shape index (κ2) is 8.78. The molecule has 12 heavy (non-hydrogen) atoms. The van der Waals surface area contributed by atoms with E-state index in [2.05, 4.69) is 5.32 Å². The molecule has 0 atom stereocenters. The molecule has 70 valence electrons. The molecule has 1 rings (SSSR count). The average molecular weight is 212 g/mol. The second-order valence-electron chi connectivity index (χ2n) is 2.05. The molecule has 0 bridgehead atoms. The lowest BCUT2D eigenvalue weighted by molar-refractivity contribution is 0.424. The predicted octanol–water partition coefficient (Wildman–Crippen LogP) is 2.55. The molecule has 1 aromatic rings. The minimum atomic E-state index is -0.463. The first kappa shape index (κ1) is 14.2. The molecule has 0 heterocycles. The van der Waals surface area contributed by atoms with Gasteiger partial charge in [-0.3, -0.25) is 5.32 Å². The van der Waals surface area contributed by atoms with Crippen LogP contribution in [0.5, 0.6) is 0 Å². The highest BCUT2D eigenvalue weighted by atomic mass is 35.5. The van der Waals surface area contributed by atoms with Gasteiger partial charge in [0.25, 0.3) is 0 Å². The van der Waals surface area contributed by atoms with E-state index in [9.17, 15) is 4.39 Å². The second-order valence-corrected chi connectivity index (χ2v) is 2.05. The van der Waals surface area contributed by atoms with Crippen LogP contribution in [0.1, 0.15) is 5.56 Å². The molecule has 0 unspecified atom stereocenters. The van der Waals surface area contributed by atoms with Crippen molar-refractivity contribution in [2.75, 3.05) is 6.80 Å². The molecule has 0 saturated carbocycles. The summed E-state index contributed by atoms with van der Waals surface area (Å²) in [6, 6.07) is 9.74. The smallest absolute Gasteiger partial charge is 0.140 e. The van der Waals surface area contributed by atoms with Crippen LogP contribution in [0.4, 0.5) is 4.39 Å². The van der Waals surface area contributed by atoms with E-state index >= 15 is 0 Å². The highest BCUT2D eigenvalue weighted by Gasteiger charge is 1.86. The number of benzene rings is 1. The van der Waals surface area contributed by atoms with Crippen LogP contribution in [0.2, 0.25) is 0 Å². The van der Waals surface area contributed by atoms with Gasteiger partial charge in [-0.05, 0) is 5.56 Å². The van der Waals surface area contributed by atoms with Gasteiger partial charge in [0.1, 0.15) is 6.80 Å². The maximum absolute atomic E-state index is 11.6. The third-order valence-corrected chi connectivity index (χ3v) is 1.27. The van der Waals surface area contributed by atoms with Gasteiger partial charge in [0.15, 0.2) is 0 Å². The van der Waals surface area contributed by atoms with Crippen LogP contribution in [0.25, 0.3) is 0 Å². The van der Waals surface area contributed by atoms with Crippen LogP contribution in [-0.2, 0) is 6.54 Å². The molecule has 0 spiro atoms. The Hall–Kier alpha value is -0.310. The Morgan fingerprint density at radius 2 is 1.67 bits per heavy atom. The Morgan fingerprint density at radius 1 is 1.08 bits per heavy atom. The zero-order valence-corrected chi connectivity index (χ0v) is 8.13. The van der Waals surface area contributed by atoms with E-state index in [0.29, 0.717) is 6.54 Å². The van der Waals surface area contributed by atoms with E-state index in [1.54, 1.807) is 0 Å². The quantitative estimate of drug-likeness (QED) is 0.759. The predicted molar refractivity (Wildman–Crippen MR) is 53.8 cm³/mol. The van der Waals surface area contributed by atoms with E-state index in [1.807, 2.05) is 30.3 Å². The molecule has 0 aliphatic heterocycles. The fourth-order valence-electron chi connectivity index (χ4n) is 0.787. The summed E-state index contributed by atoms with van der Waals surface area (Å²) in [5.41, 5.74) is 1.11. The van der Waals surface area contributed by atoms with Gasteiger partial charge in [0.05, 0.1) is 0 Å². The van der Waals surface area contributed by atoms with Crippen LogP contribution < -0.4 is 5.32 Å². The Balaban J connectivity index is 0. The van der Waals surface area contributed by atoms with Crippen LogP contribution in [-0.4, -0.2) is 6.80 Å². The van der Waals surface area contributed by atoms with Gasteiger partial charge >= 0.3 is 0 Å². The van der Waals surface area contributed by atoms with E-state index in [4.69, 9.17) is 0 Å². The highest BCUT2D eigenvalue weighted by Crippen LogP contribution is 1.96. The average Bonchev–Trinajstić information content (AvgIpc) is 2.03. The largest absolute Gasteiger partial charge is 0.286 e. The van der Waals surface area contributed by atoms with E-state index in [-0.39, 0.29) is 24.8 Å². The van der Waals surface area contributed by atoms with Gasteiger partial charge in [-0.2, -0.15) is 0 Å². The topological polar surface area (TPSA) is 12.0 Å². The summed E-state index contributed by atoms with van der Waals surface area (Å²) in [6.45, 7) is 0.145. The van der Waals surface area contributed by atoms with Gasteiger partial charge in [-0.15, -0.1) is 24.8 Å². The van der Waals surface area contributed by atoms with Crippen molar-refractivity contribution in [2.24, 2.45) is 0 Å². The maximum Gasteiger partial charge on any atom is 0.140 e. The number of nitrogens with one attached hydrogen (secondary N) is 1. The zero-order chi connectivity index (χ0) is 7.23. The molecule has 1 nitrogen and oxygen atoms in total. The van der Waals surface area contributed by atoms with Crippen LogP contribution in [0.15, 0.2) is 30.3 Å². The summed E-state index contributed by atoms with van der Waals surface area (Å²) >= 11 is 0. The third kappa shape index (κ3) is 5.35. The summed E-state index contributed by atoms with van der Waals surface area (Å²) in [4.78, 5) is 0. The lowest BCUT2D eigenvalue weighted by Crippen LogP contribution is -2.10. The van der Waals surface area contributed by atoms with Crippen molar-refractivity contribution >= 4 is 24.8 Å². The normalized spacial score (nSPS) is 8.08. The van der Waals surface area contributed by atoms with Crippen molar-refractivity contribution < 1.29 is 4.39 Å². The minimum absolute atomic E-state index is 0. The van der Waals surface area contributed by atoms with Crippen LogP contribution in [0, 0.1) is 0 Å². The number of hydrogen-bond donors (Lipinski definition) is 1. The first-order chi connectivity index (χ1) is 4.93. The Bertz CT molecular complexity index is 182. The van der Waals surface area contributed by atoms with Crippen molar-refractivity contribution in [1.29, 1.82) is 0 Å². The molecule has 4 heteroatoms. The fourth-order valence-corrected chi connectivity index (χ4v) is 0.787. The number of rotatable bonds is 3.